The van der Waals surface area contributed by atoms with Crippen molar-refractivity contribution in [3.63, 3.8) is 0 Å². The molecule has 1 aromatic carbocycles. The monoisotopic (exact) mass is 575 g/mol. The molecular weight excluding hydrogens is 538 g/mol. The summed E-state index contributed by atoms with van der Waals surface area (Å²) in [6.45, 7) is 6.43. The molecule has 0 N–H and O–H groups in total. The Balaban J connectivity index is 1.25. The van der Waals surface area contributed by atoms with E-state index in [2.05, 4.69) is 23.7 Å². The topological polar surface area (TPSA) is 62.7 Å². The smallest absolute Gasteiger partial charge is 0.417 e. The number of hydrogen-bond acceptors (Lipinski definition) is 5. The minimum Gasteiger partial charge on any atom is -0.465 e. The minimum absolute atomic E-state index is 0.0367. The Kier molecular flexibility index (Phi) is 8.16. The highest BCUT2D eigenvalue weighted by molar-refractivity contribution is 5.89. The summed E-state index contributed by atoms with van der Waals surface area (Å²) in [6, 6.07) is 6.05. The van der Waals surface area contributed by atoms with Crippen LogP contribution in [0.1, 0.15) is 84.6 Å². The van der Waals surface area contributed by atoms with E-state index in [9.17, 15) is 27.2 Å². The molecule has 222 valence electrons. The summed E-state index contributed by atoms with van der Waals surface area (Å²) in [5.41, 5.74) is 0.655. The van der Waals surface area contributed by atoms with Crippen molar-refractivity contribution < 1.29 is 31.9 Å². The van der Waals surface area contributed by atoms with Crippen LogP contribution >= 0.6 is 0 Å². The van der Waals surface area contributed by atoms with Gasteiger partial charge in [-0.2, -0.15) is 13.2 Å². The van der Waals surface area contributed by atoms with Crippen molar-refractivity contribution >= 4 is 11.9 Å². The van der Waals surface area contributed by atoms with Crippen LogP contribution in [0.25, 0.3) is 0 Å². The number of piperidine rings is 1. The van der Waals surface area contributed by atoms with Crippen LogP contribution in [0.3, 0.4) is 0 Å². The van der Waals surface area contributed by atoms with Gasteiger partial charge in [-0.05, 0) is 86.4 Å². The van der Waals surface area contributed by atoms with Gasteiger partial charge in [-0.1, -0.05) is 19.9 Å². The fourth-order valence-corrected chi connectivity index (χ4v) is 7.06. The Labute approximate surface area is 238 Å². The molecule has 2 aromatic rings. The third-order valence-electron chi connectivity index (χ3n) is 9.62. The van der Waals surface area contributed by atoms with E-state index in [0.29, 0.717) is 24.2 Å². The predicted octanol–water partition coefficient (Wildman–Crippen LogP) is 5.99. The lowest BCUT2D eigenvalue weighted by atomic mass is 9.73. The maximum atomic E-state index is 14.1. The van der Waals surface area contributed by atoms with E-state index < -0.39 is 28.9 Å². The largest absolute Gasteiger partial charge is 0.465 e. The minimum atomic E-state index is -4.47. The molecule has 2 atom stereocenters. The average Bonchev–Trinajstić information content (AvgIpc) is 3.43. The number of methoxy groups -OCH3 is 1. The molecule has 3 heterocycles. The van der Waals surface area contributed by atoms with Crippen LogP contribution < -0.4 is 0 Å². The number of likely N-dealkylation sites (tertiary alicyclic amines) is 1. The lowest BCUT2D eigenvalue weighted by Gasteiger charge is -2.41. The van der Waals surface area contributed by atoms with Crippen LogP contribution in [0.15, 0.2) is 30.5 Å². The second-order valence-corrected chi connectivity index (χ2v) is 12.1. The quantitative estimate of drug-likeness (QED) is 0.324. The van der Waals surface area contributed by atoms with E-state index >= 15 is 0 Å². The van der Waals surface area contributed by atoms with E-state index in [-0.39, 0.29) is 35.9 Å². The average molecular weight is 576 g/mol. The SMILES string of the molecule is COC(=O)c1cc(C2CCN([C@@H]3CC[C@@](C(=O)N4CCc5ncc(C(F)(F)F)cc5C4)(C(C)C)C3)CC2)ccc1F. The first-order chi connectivity index (χ1) is 19.4. The van der Waals surface area contributed by atoms with Crippen LogP contribution in [-0.4, -0.2) is 59.4 Å². The molecule has 6 nitrogen and oxygen atoms in total. The number of rotatable bonds is 5. The molecule has 0 bridgehead atoms. The molecule has 1 saturated carbocycles. The van der Waals surface area contributed by atoms with Gasteiger partial charge < -0.3 is 14.5 Å². The summed E-state index contributed by atoms with van der Waals surface area (Å²) in [5, 5.41) is 0. The highest BCUT2D eigenvalue weighted by Gasteiger charge is 2.51. The zero-order valence-electron chi connectivity index (χ0n) is 23.8. The van der Waals surface area contributed by atoms with Gasteiger partial charge in [0, 0.05) is 37.4 Å². The summed E-state index contributed by atoms with van der Waals surface area (Å²) in [7, 11) is 1.24. The summed E-state index contributed by atoms with van der Waals surface area (Å²) < 4.78 is 58.7. The molecule has 1 amide bonds. The van der Waals surface area contributed by atoms with E-state index in [0.717, 1.165) is 63.0 Å². The number of pyridine rings is 1. The first-order valence-electron chi connectivity index (χ1n) is 14.4. The van der Waals surface area contributed by atoms with Crippen molar-refractivity contribution in [2.75, 3.05) is 26.7 Å². The summed E-state index contributed by atoms with van der Waals surface area (Å²) >= 11 is 0. The Bertz CT molecular complexity index is 1310. The van der Waals surface area contributed by atoms with E-state index in [4.69, 9.17) is 4.74 Å². The number of aromatic nitrogens is 1. The van der Waals surface area contributed by atoms with Crippen LogP contribution in [-0.2, 0) is 28.7 Å². The molecule has 5 rings (SSSR count). The number of benzene rings is 1. The summed E-state index contributed by atoms with van der Waals surface area (Å²) in [4.78, 5) is 34.2. The number of fused-ring (bicyclic) bond motifs is 1. The van der Waals surface area contributed by atoms with Crippen molar-refractivity contribution in [3.8, 4) is 0 Å². The number of nitrogens with zero attached hydrogens (tertiary/aromatic N) is 3. The molecule has 2 fully saturated rings. The number of esters is 1. The van der Waals surface area contributed by atoms with Gasteiger partial charge in [0.25, 0.3) is 0 Å². The highest BCUT2D eigenvalue weighted by Crippen LogP contribution is 2.48. The molecule has 3 aliphatic rings. The number of carbonyl (C=O) groups is 2. The third kappa shape index (κ3) is 5.72. The van der Waals surface area contributed by atoms with Crippen LogP contribution in [0, 0.1) is 17.2 Å². The van der Waals surface area contributed by atoms with Crippen LogP contribution in [0.4, 0.5) is 17.6 Å². The van der Waals surface area contributed by atoms with E-state index in [1.54, 1.807) is 17.0 Å². The van der Waals surface area contributed by atoms with Crippen molar-refractivity contribution in [2.24, 2.45) is 11.3 Å². The summed E-state index contributed by atoms with van der Waals surface area (Å²) in [6.07, 6.45) is 0.948. The van der Waals surface area contributed by atoms with Gasteiger partial charge in [0.1, 0.15) is 5.82 Å². The Morgan fingerprint density at radius 2 is 1.83 bits per heavy atom. The molecule has 1 saturated heterocycles. The molecule has 1 aromatic heterocycles. The Morgan fingerprint density at radius 3 is 2.49 bits per heavy atom. The van der Waals surface area contributed by atoms with Crippen molar-refractivity contribution in [1.29, 1.82) is 0 Å². The van der Waals surface area contributed by atoms with Crippen LogP contribution in [0.2, 0.25) is 0 Å². The molecular formula is C31H37F4N3O3. The maximum Gasteiger partial charge on any atom is 0.417 e. The molecule has 10 heteroatoms. The number of amides is 1. The first kappa shape index (κ1) is 29.5. The Morgan fingerprint density at radius 1 is 1.10 bits per heavy atom. The molecule has 1 aliphatic carbocycles. The third-order valence-corrected chi connectivity index (χ3v) is 9.62. The van der Waals surface area contributed by atoms with E-state index in [1.807, 2.05) is 0 Å². The van der Waals surface area contributed by atoms with Gasteiger partial charge in [0.2, 0.25) is 5.91 Å². The van der Waals surface area contributed by atoms with Gasteiger partial charge in [-0.15, -0.1) is 0 Å². The van der Waals surface area contributed by atoms with Gasteiger partial charge in [0.05, 0.1) is 23.7 Å². The molecule has 0 spiro atoms. The number of halogens is 4. The number of hydrogen-bond donors (Lipinski definition) is 0. The van der Waals surface area contributed by atoms with Crippen molar-refractivity contribution in [2.45, 2.75) is 77.1 Å². The number of carbonyl (C=O) groups excluding carboxylic acids is 2. The number of alkyl halides is 3. The predicted molar refractivity (Wildman–Crippen MR) is 145 cm³/mol. The number of ether oxygens (including phenoxy) is 1. The van der Waals surface area contributed by atoms with Gasteiger partial charge >= 0.3 is 12.1 Å². The normalized spacial score (nSPS) is 24.0. The standard InChI is InChI=1S/C31H37F4N3O3/c1-19(2)30(29(40)38-13-9-27-22(18-38)14-23(17-36-27)31(33,34)35)10-6-24(16-30)37-11-7-20(8-12-37)21-4-5-26(32)25(15-21)28(39)41-3/h4-5,14-15,17,19-20,24H,6-13,16,18H2,1-3H3/t24-,30+/m1/s1. The molecule has 0 radical (unpaired) electrons. The van der Waals surface area contributed by atoms with Crippen molar-refractivity contribution in [1.82, 2.24) is 14.8 Å². The maximum absolute atomic E-state index is 14.1. The van der Waals surface area contributed by atoms with Gasteiger partial charge in [-0.3, -0.25) is 9.78 Å². The fourth-order valence-electron chi connectivity index (χ4n) is 7.06. The Hall–Kier alpha value is -3.01. The second kappa shape index (κ2) is 11.3. The van der Waals surface area contributed by atoms with E-state index in [1.165, 1.54) is 13.2 Å². The molecule has 0 unspecified atom stereocenters. The zero-order chi connectivity index (χ0) is 29.5. The lowest BCUT2D eigenvalue weighted by molar-refractivity contribution is -0.146. The fraction of sp³-hybridized carbons (Fsp3) is 0.581. The second-order valence-electron chi connectivity index (χ2n) is 12.1. The first-order valence-corrected chi connectivity index (χ1v) is 14.4. The van der Waals surface area contributed by atoms with Crippen molar-refractivity contribution in [3.05, 3.63) is 64.2 Å². The highest BCUT2D eigenvalue weighted by atomic mass is 19.4. The zero-order valence-corrected chi connectivity index (χ0v) is 23.8. The molecule has 41 heavy (non-hydrogen) atoms. The van der Waals surface area contributed by atoms with Crippen LogP contribution in [0.5, 0.6) is 0 Å². The van der Waals surface area contributed by atoms with Gasteiger partial charge in [-0.25, -0.2) is 9.18 Å². The lowest BCUT2D eigenvalue weighted by Crippen LogP contribution is -2.49. The molecule has 2 aliphatic heterocycles. The summed E-state index contributed by atoms with van der Waals surface area (Å²) in [5.74, 6) is -0.939. The van der Waals surface area contributed by atoms with Gasteiger partial charge in [0.15, 0.2) is 0 Å².